The molecule has 0 bridgehead atoms. The van der Waals surface area contributed by atoms with Crippen molar-refractivity contribution in [2.75, 3.05) is 0 Å². The zero-order valence-electron chi connectivity index (χ0n) is 11.2. The highest BCUT2D eigenvalue weighted by Gasteiger charge is 2.23. The van der Waals surface area contributed by atoms with E-state index in [0.717, 1.165) is 6.42 Å². The fourth-order valence-corrected chi connectivity index (χ4v) is 3.60. The molecule has 1 rings (SSSR count). The van der Waals surface area contributed by atoms with Crippen LogP contribution in [0.4, 0.5) is 0 Å². The molecule has 0 fully saturated rings. The third kappa shape index (κ3) is 4.90. The molecular formula is C14H27NS. The van der Waals surface area contributed by atoms with Gasteiger partial charge in [-0.2, -0.15) is 0 Å². The number of hydrogen-bond donors (Lipinski definition) is 0. The number of rotatable bonds is 8. The van der Waals surface area contributed by atoms with E-state index in [-0.39, 0.29) is 0 Å². The third-order valence-electron chi connectivity index (χ3n) is 3.31. The van der Waals surface area contributed by atoms with E-state index in [1.807, 2.05) is 0 Å². The number of aliphatic imine (C=N–C) groups is 1. The summed E-state index contributed by atoms with van der Waals surface area (Å²) in [5.41, 5.74) is 1.43. The molecule has 1 nitrogen and oxygen atoms in total. The van der Waals surface area contributed by atoms with Crippen LogP contribution in [0.25, 0.3) is 0 Å². The lowest BCUT2D eigenvalue weighted by atomic mass is 10.1. The van der Waals surface area contributed by atoms with E-state index in [0.29, 0.717) is 10.6 Å². The fourth-order valence-electron chi connectivity index (χ4n) is 2.25. The first-order valence-electron chi connectivity index (χ1n) is 7.00. The minimum atomic E-state index is 0.580. The molecule has 94 valence electrons. The van der Waals surface area contributed by atoms with Crippen LogP contribution in [-0.4, -0.2) is 16.3 Å². The summed E-state index contributed by atoms with van der Waals surface area (Å²) >= 11 is 2.06. The molecule has 1 heterocycles. The van der Waals surface area contributed by atoms with Crippen LogP contribution in [0.15, 0.2) is 4.99 Å². The average Bonchev–Trinajstić information content (AvgIpc) is 2.64. The van der Waals surface area contributed by atoms with Crippen molar-refractivity contribution in [3.8, 4) is 0 Å². The highest BCUT2D eigenvalue weighted by Crippen LogP contribution is 2.32. The molecular weight excluding hydrogens is 214 g/mol. The van der Waals surface area contributed by atoms with Gasteiger partial charge >= 0.3 is 0 Å². The molecule has 0 amide bonds. The first-order valence-corrected chi connectivity index (χ1v) is 7.94. The summed E-state index contributed by atoms with van der Waals surface area (Å²) in [4.78, 5) is 4.80. The molecule has 2 heteroatoms. The van der Waals surface area contributed by atoms with E-state index in [9.17, 15) is 0 Å². The normalized spacial score (nSPS) is 24.8. The second-order valence-corrected chi connectivity index (χ2v) is 6.29. The SMILES string of the molecule is CCCCCCCCC1N=C(CC)C(C)S1. The number of nitrogens with zero attached hydrogens (tertiary/aromatic N) is 1. The van der Waals surface area contributed by atoms with Crippen LogP contribution in [-0.2, 0) is 0 Å². The van der Waals surface area contributed by atoms with Gasteiger partial charge in [-0.15, -0.1) is 11.8 Å². The minimum Gasteiger partial charge on any atom is -0.279 e. The molecule has 0 aromatic heterocycles. The minimum absolute atomic E-state index is 0.580. The second-order valence-electron chi connectivity index (χ2n) is 4.76. The number of unbranched alkanes of at least 4 members (excludes halogenated alkanes) is 5. The summed E-state index contributed by atoms with van der Waals surface area (Å²) in [7, 11) is 0. The zero-order valence-corrected chi connectivity index (χ0v) is 12.0. The number of thioether (sulfide) groups is 1. The van der Waals surface area contributed by atoms with Crippen LogP contribution in [0.2, 0.25) is 0 Å². The van der Waals surface area contributed by atoms with Gasteiger partial charge in [0.05, 0.1) is 5.37 Å². The first kappa shape index (κ1) is 14.1. The summed E-state index contributed by atoms with van der Waals surface area (Å²) in [6.07, 6.45) is 10.8. The lowest BCUT2D eigenvalue weighted by Crippen LogP contribution is -2.06. The smallest absolute Gasteiger partial charge is 0.0957 e. The van der Waals surface area contributed by atoms with E-state index >= 15 is 0 Å². The van der Waals surface area contributed by atoms with Gasteiger partial charge in [0.25, 0.3) is 0 Å². The molecule has 0 radical (unpaired) electrons. The van der Waals surface area contributed by atoms with Crippen molar-refractivity contribution in [1.29, 1.82) is 0 Å². The summed E-state index contributed by atoms with van der Waals surface area (Å²) in [5, 5.41) is 1.26. The molecule has 0 N–H and O–H groups in total. The molecule has 2 unspecified atom stereocenters. The summed E-state index contributed by atoms with van der Waals surface area (Å²) < 4.78 is 0. The van der Waals surface area contributed by atoms with Gasteiger partial charge in [0.1, 0.15) is 0 Å². The predicted molar refractivity (Wildman–Crippen MR) is 76.6 cm³/mol. The van der Waals surface area contributed by atoms with Gasteiger partial charge in [-0.3, -0.25) is 4.99 Å². The van der Waals surface area contributed by atoms with Crippen LogP contribution in [0.1, 0.15) is 72.1 Å². The van der Waals surface area contributed by atoms with E-state index in [4.69, 9.17) is 4.99 Å². The Morgan fingerprint density at radius 3 is 2.38 bits per heavy atom. The Bertz CT molecular complexity index is 213. The van der Waals surface area contributed by atoms with Crippen LogP contribution < -0.4 is 0 Å². The Morgan fingerprint density at radius 1 is 1.06 bits per heavy atom. The largest absolute Gasteiger partial charge is 0.279 e. The molecule has 2 atom stereocenters. The Hall–Kier alpha value is 0.0200. The van der Waals surface area contributed by atoms with Crippen molar-refractivity contribution in [2.45, 2.75) is 82.8 Å². The lowest BCUT2D eigenvalue weighted by Gasteiger charge is -2.07. The van der Waals surface area contributed by atoms with E-state index < -0.39 is 0 Å². The molecule has 16 heavy (non-hydrogen) atoms. The molecule has 0 spiro atoms. The van der Waals surface area contributed by atoms with Crippen LogP contribution in [0, 0.1) is 0 Å². The summed E-state index contributed by atoms with van der Waals surface area (Å²) in [6.45, 7) is 6.80. The Morgan fingerprint density at radius 2 is 1.75 bits per heavy atom. The van der Waals surface area contributed by atoms with Gasteiger partial charge in [0, 0.05) is 11.0 Å². The van der Waals surface area contributed by atoms with Crippen molar-refractivity contribution in [2.24, 2.45) is 4.99 Å². The molecule has 0 aromatic rings. The van der Waals surface area contributed by atoms with Gasteiger partial charge in [-0.25, -0.2) is 0 Å². The van der Waals surface area contributed by atoms with Crippen molar-refractivity contribution in [3.63, 3.8) is 0 Å². The topological polar surface area (TPSA) is 12.4 Å². The predicted octanol–water partition coefficient (Wildman–Crippen LogP) is 5.05. The van der Waals surface area contributed by atoms with Crippen molar-refractivity contribution in [1.82, 2.24) is 0 Å². The van der Waals surface area contributed by atoms with E-state index in [2.05, 4.69) is 32.5 Å². The molecule has 1 aliphatic heterocycles. The van der Waals surface area contributed by atoms with Gasteiger partial charge in [-0.1, -0.05) is 52.4 Å². The van der Waals surface area contributed by atoms with Crippen molar-refractivity contribution < 1.29 is 0 Å². The third-order valence-corrected chi connectivity index (χ3v) is 4.64. The van der Waals surface area contributed by atoms with Gasteiger partial charge in [0.2, 0.25) is 0 Å². The van der Waals surface area contributed by atoms with E-state index in [1.165, 1.54) is 50.7 Å². The lowest BCUT2D eigenvalue weighted by molar-refractivity contribution is 0.586. The summed E-state index contributed by atoms with van der Waals surface area (Å²) in [6, 6.07) is 0. The second kappa shape index (κ2) is 8.16. The maximum absolute atomic E-state index is 4.80. The Kier molecular flexibility index (Phi) is 7.18. The summed E-state index contributed by atoms with van der Waals surface area (Å²) in [5.74, 6) is 0. The maximum atomic E-state index is 4.80. The first-order chi connectivity index (χ1) is 7.77. The fraction of sp³-hybridized carbons (Fsp3) is 0.929. The molecule has 0 aromatic carbocycles. The van der Waals surface area contributed by atoms with Gasteiger partial charge in [-0.05, 0) is 19.8 Å². The van der Waals surface area contributed by atoms with Crippen LogP contribution >= 0.6 is 11.8 Å². The highest BCUT2D eigenvalue weighted by atomic mass is 32.2. The highest BCUT2D eigenvalue weighted by molar-refractivity contribution is 8.01. The quantitative estimate of drug-likeness (QED) is 0.542. The van der Waals surface area contributed by atoms with E-state index in [1.54, 1.807) is 0 Å². The van der Waals surface area contributed by atoms with Gasteiger partial charge in [0.15, 0.2) is 0 Å². The van der Waals surface area contributed by atoms with Crippen LogP contribution in [0.3, 0.4) is 0 Å². The van der Waals surface area contributed by atoms with Crippen molar-refractivity contribution in [3.05, 3.63) is 0 Å². The standard InChI is InChI=1S/C14H27NS/c1-4-6-7-8-9-10-11-14-15-13(5-2)12(3)16-14/h12,14H,4-11H2,1-3H3. The average molecular weight is 241 g/mol. The zero-order chi connectivity index (χ0) is 11.8. The van der Waals surface area contributed by atoms with Gasteiger partial charge < -0.3 is 0 Å². The van der Waals surface area contributed by atoms with Crippen molar-refractivity contribution >= 4 is 17.5 Å². The molecule has 0 saturated carbocycles. The monoisotopic (exact) mass is 241 g/mol. The Balaban J connectivity index is 2.04. The molecule has 0 saturated heterocycles. The number of hydrogen-bond acceptors (Lipinski definition) is 2. The van der Waals surface area contributed by atoms with Crippen LogP contribution in [0.5, 0.6) is 0 Å². The molecule has 0 aliphatic carbocycles. The maximum Gasteiger partial charge on any atom is 0.0957 e. The molecule has 1 aliphatic rings. The Labute approximate surface area is 105 Å².